The van der Waals surface area contributed by atoms with Gasteiger partial charge < -0.3 is 0 Å². The highest BCUT2D eigenvalue weighted by molar-refractivity contribution is 8.01. The third kappa shape index (κ3) is 4.90. The first-order valence-electron chi connectivity index (χ1n) is 7.37. The van der Waals surface area contributed by atoms with Crippen LogP contribution in [0.25, 0.3) is 10.2 Å². The predicted molar refractivity (Wildman–Crippen MR) is 98.7 cm³/mol. The van der Waals surface area contributed by atoms with Gasteiger partial charge in [0, 0.05) is 11.8 Å². The largest absolute Gasteiger partial charge is 0.281 e. The molecule has 0 unspecified atom stereocenters. The number of sulfonamides is 1. The molecule has 0 aliphatic heterocycles. The second kappa shape index (κ2) is 7.67. The Balaban J connectivity index is 1.52. The number of thiazole rings is 1. The first kappa shape index (κ1) is 18.1. The fourth-order valence-electron chi connectivity index (χ4n) is 2.11. The maximum Gasteiger partial charge on any atom is 0.232 e. The number of hydrogen-bond donors (Lipinski definition) is 1. The van der Waals surface area contributed by atoms with Crippen LogP contribution in [0.3, 0.4) is 0 Å². The Morgan fingerprint density at radius 1 is 1.16 bits per heavy atom. The first-order valence-corrected chi connectivity index (χ1v) is 10.8. The van der Waals surface area contributed by atoms with Gasteiger partial charge in [0.05, 0.1) is 21.7 Å². The summed E-state index contributed by atoms with van der Waals surface area (Å²) in [6.07, 6.45) is 0.388. The van der Waals surface area contributed by atoms with Gasteiger partial charge in [0.25, 0.3) is 0 Å². The molecule has 0 fully saturated rings. The first-order chi connectivity index (χ1) is 11.9. The molecule has 0 amide bonds. The summed E-state index contributed by atoms with van der Waals surface area (Å²) < 4.78 is 54.5. The number of halogens is 2. The van der Waals surface area contributed by atoms with Crippen molar-refractivity contribution in [1.82, 2.24) is 4.98 Å². The van der Waals surface area contributed by atoms with Gasteiger partial charge in [-0.15, -0.1) is 11.3 Å². The van der Waals surface area contributed by atoms with Crippen molar-refractivity contribution in [3.63, 3.8) is 0 Å². The van der Waals surface area contributed by atoms with Crippen LogP contribution in [-0.4, -0.2) is 24.9 Å². The van der Waals surface area contributed by atoms with Crippen LogP contribution in [0.2, 0.25) is 0 Å². The van der Waals surface area contributed by atoms with E-state index >= 15 is 0 Å². The van der Waals surface area contributed by atoms with Gasteiger partial charge in [-0.25, -0.2) is 22.2 Å². The minimum absolute atomic E-state index is 0.151. The molecule has 0 radical (unpaired) electrons. The van der Waals surface area contributed by atoms with Gasteiger partial charge in [0.2, 0.25) is 10.0 Å². The van der Waals surface area contributed by atoms with E-state index in [0.717, 1.165) is 26.7 Å². The van der Waals surface area contributed by atoms with Crippen molar-refractivity contribution in [2.24, 2.45) is 0 Å². The number of nitrogens with one attached hydrogen (secondary N) is 1. The van der Waals surface area contributed by atoms with Crippen LogP contribution >= 0.6 is 23.1 Å². The summed E-state index contributed by atoms with van der Waals surface area (Å²) in [7, 11) is -3.69. The summed E-state index contributed by atoms with van der Waals surface area (Å²) in [5.74, 6) is -1.27. The quantitative estimate of drug-likeness (QED) is 0.469. The highest BCUT2D eigenvalue weighted by Crippen LogP contribution is 2.29. The van der Waals surface area contributed by atoms with Crippen molar-refractivity contribution < 1.29 is 17.2 Å². The molecule has 0 spiro atoms. The lowest BCUT2D eigenvalue weighted by molar-refractivity contribution is 0.582. The molecule has 0 saturated carbocycles. The van der Waals surface area contributed by atoms with Crippen molar-refractivity contribution in [2.45, 2.75) is 10.8 Å². The van der Waals surface area contributed by atoms with Crippen molar-refractivity contribution in [3.05, 3.63) is 54.1 Å². The van der Waals surface area contributed by atoms with E-state index in [9.17, 15) is 17.2 Å². The zero-order valence-electron chi connectivity index (χ0n) is 12.9. The molecule has 1 N–H and O–H groups in total. The molecule has 0 atom stereocenters. The highest BCUT2D eigenvalue weighted by Gasteiger charge is 2.14. The smallest absolute Gasteiger partial charge is 0.232 e. The third-order valence-electron chi connectivity index (χ3n) is 3.25. The van der Waals surface area contributed by atoms with Crippen LogP contribution in [0.15, 0.2) is 46.8 Å². The molecular formula is C16H14F2N2O2S3. The number of nitrogens with zero attached hydrogens (tertiary/aromatic N) is 1. The molecule has 1 aromatic heterocycles. The van der Waals surface area contributed by atoms with Crippen molar-refractivity contribution >= 4 is 49.0 Å². The van der Waals surface area contributed by atoms with E-state index in [4.69, 9.17) is 0 Å². The molecular weight excluding hydrogens is 386 g/mol. The molecule has 3 rings (SSSR count). The third-order valence-corrected chi connectivity index (χ3v) is 6.88. The monoisotopic (exact) mass is 400 g/mol. The molecule has 0 aliphatic rings. The molecule has 132 valence electrons. The Labute approximate surface area is 152 Å². The fourth-order valence-corrected chi connectivity index (χ4v) is 5.50. The van der Waals surface area contributed by atoms with Crippen molar-refractivity contribution in [3.8, 4) is 0 Å². The summed E-state index contributed by atoms with van der Waals surface area (Å²) in [5, 5.41) is 0. The summed E-state index contributed by atoms with van der Waals surface area (Å²) in [5.41, 5.74) is 0.677. The van der Waals surface area contributed by atoms with Gasteiger partial charge >= 0.3 is 0 Å². The second-order valence-corrected chi connectivity index (χ2v) is 9.41. The van der Waals surface area contributed by atoms with Gasteiger partial charge in [-0.1, -0.05) is 23.9 Å². The number of aromatic nitrogens is 1. The Hall–Kier alpha value is -1.71. The van der Waals surface area contributed by atoms with Crippen LogP contribution in [0.5, 0.6) is 0 Å². The number of para-hydroxylation sites is 1. The SMILES string of the molecule is O=S(=O)(CCCSc1nc2ccccc2s1)Nc1ccc(F)cc1F. The molecule has 0 saturated heterocycles. The van der Waals surface area contributed by atoms with E-state index in [1.165, 1.54) is 11.8 Å². The minimum atomic E-state index is -3.69. The van der Waals surface area contributed by atoms with Crippen LogP contribution in [-0.2, 0) is 10.0 Å². The minimum Gasteiger partial charge on any atom is -0.281 e. The molecule has 4 nitrogen and oxygen atoms in total. The summed E-state index contributed by atoms with van der Waals surface area (Å²) in [6.45, 7) is 0. The Morgan fingerprint density at radius 2 is 1.96 bits per heavy atom. The number of thioether (sulfide) groups is 1. The molecule has 0 bridgehead atoms. The summed E-state index contributed by atoms with van der Waals surface area (Å²) in [6, 6.07) is 10.5. The number of rotatable bonds is 7. The lowest BCUT2D eigenvalue weighted by Gasteiger charge is -2.08. The van der Waals surface area contributed by atoms with Gasteiger partial charge in [-0.3, -0.25) is 4.72 Å². The van der Waals surface area contributed by atoms with E-state index in [1.807, 2.05) is 24.3 Å². The van der Waals surface area contributed by atoms with E-state index in [-0.39, 0.29) is 11.4 Å². The zero-order chi connectivity index (χ0) is 17.9. The van der Waals surface area contributed by atoms with E-state index < -0.39 is 21.7 Å². The second-order valence-electron chi connectivity index (χ2n) is 5.19. The fraction of sp³-hybridized carbons (Fsp3) is 0.188. The number of hydrogen-bond acceptors (Lipinski definition) is 5. The molecule has 2 aromatic carbocycles. The zero-order valence-corrected chi connectivity index (χ0v) is 15.4. The number of anilines is 1. The van der Waals surface area contributed by atoms with Crippen molar-refractivity contribution in [1.29, 1.82) is 0 Å². The number of benzene rings is 2. The number of fused-ring (bicyclic) bond motifs is 1. The normalized spacial score (nSPS) is 11.8. The molecule has 25 heavy (non-hydrogen) atoms. The van der Waals surface area contributed by atoms with Gasteiger partial charge in [-0.2, -0.15) is 0 Å². The van der Waals surface area contributed by atoms with Crippen LogP contribution in [0.1, 0.15) is 6.42 Å². The van der Waals surface area contributed by atoms with Crippen LogP contribution in [0, 0.1) is 11.6 Å². The molecule has 9 heteroatoms. The van der Waals surface area contributed by atoms with Crippen LogP contribution < -0.4 is 4.72 Å². The summed E-state index contributed by atoms with van der Waals surface area (Å²) >= 11 is 3.05. The van der Waals surface area contributed by atoms with E-state index in [0.29, 0.717) is 18.2 Å². The van der Waals surface area contributed by atoms with Gasteiger partial charge in [-0.05, 0) is 30.7 Å². The Kier molecular flexibility index (Phi) is 5.55. The van der Waals surface area contributed by atoms with E-state index in [2.05, 4.69) is 9.71 Å². The maximum absolute atomic E-state index is 13.5. The van der Waals surface area contributed by atoms with E-state index in [1.54, 1.807) is 11.3 Å². The average molecular weight is 400 g/mol. The average Bonchev–Trinajstić information content (AvgIpc) is 2.97. The highest BCUT2D eigenvalue weighted by atomic mass is 32.2. The van der Waals surface area contributed by atoms with Gasteiger partial charge in [0.15, 0.2) is 4.34 Å². The molecule has 1 heterocycles. The maximum atomic E-state index is 13.5. The molecule has 0 aliphatic carbocycles. The molecule has 3 aromatic rings. The van der Waals surface area contributed by atoms with Crippen LogP contribution in [0.4, 0.5) is 14.5 Å². The topological polar surface area (TPSA) is 59.1 Å². The Bertz CT molecular complexity index is 957. The summed E-state index contributed by atoms with van der Waals surface area (Å²) in [4.78, 5) is 4.47. The Morgan fingerprint density at radius 3 is 2.72 bits per heavy atom. The predicted octanol–water partition coefficient (Wildman–Crippen LogP) is 4.50. The lowest BCUT2D eigenvalue weighted by atomic mass is 10.3. The lowest BCUT2D eigenvalue weighted by Crippen LogP contribution is -2.18. The van der Waals surface area contributed by atoms with Crippen molar-refractivity contribution in [2.75, 3.05) is 16.2 Å². The van der Waals surface area contributed by atoms with Gasteiger partial charge in [0.1, 0.15) is 11.6 Å². The standard InChI is InChI=1S/C16H14F2N2O2S3/c17-11-6-7-13(12(18)10-11)20-25(21,22)9-3-8-23-16-19-14-4-1-2-5-15(14)24-16/h1-2,4-7,10,20H,3,8-9H2.